The maximum atomic E-state index is 12.3. The van der Waals surface area contributed by atoms with Gasteiger partial charge in [0.25, 0.3) is 11.8 Å². The van der Waals surface area contributed by atoms with Crippen LogP contribution in [-0.2, 0) is 6.42 Å². The fourth-order valence-corrected chi connectivity index (χ4v) is 3.06. The molecule has 1 aromatic carbocycles. The van der Waals surface area contributed by atoms with Gasteiger partial charge in [-0.15, -0.1) is 0 Å². The maximum absolute atomic E-state index is 12.3. The van der Waals surface area contributed by atoms with E-state index in [0.29, 0.717) is 29.3 Å². The van der Waals surface area contributed by atoms with Gasteiger partial charge in [0.05, 0.1) is 17.2 Å². The van der Waals surface area contributed by atoms with Gasteiger partial charge in [0, 0.05) is 13.0 Å². The molecular weight excluding hydrogens is 296 g/mol. The summed E-state index contributed by atoms with van der Waals surface area (Å²) < 4.78 is 5.27. The number of nitrogens with zero attached hydrogens (tertiary/aromatic N) is 3. The van der Waals surface area contributed by atoms with E-state index < -0.39 is 0 Å². The standard InChI is InChI=1S/C16H16N4O3/c21-15-10-4-1-2-5-11(10)16(22)20(15)9-7-13-18-14(23-19-13)12-6-3-8-17-12/h1-2,4-5,12,17H,3,6-9H2/t12-/m1/s1. The van der Waals surface area contributed by atoms with Gasteiger partial charge in [-0.3, -0.25) is 14.5 Å². The molecule has 1 atom stereocenters. The highest BCUT2D eigenvalue weighted by molar-refractivity contribution is 6.21. The van der Waals surface area contributed by atoms with E-state index in [0.717, 1.165) is 19.4 Å². The van der Waals surface area contributed by atoms with Gasteiger partial charge in [0.1, 0.15) is 0 Å². The van der Waals surface area contributed by atoms with Crippen molar-refractivity contribution in [3.05, 3.63) is 47.1 Å². The number of imide groups is 1. The highest BCUT2D eigenvalue weighted by Gasteiger charge is 2.35. The Kier molecular flexibility index (Phi) is 3.42. The summed E-state index contributed by atoms with van der Waals surface area (Å²) in [6, 6.07) is 6.98. The molecule has 118 valence electrons. The number of carbonyl (C=O) groups is 2. The monoisotopic (exact) mass is 312 g/mol. The van der Waals surface area contributed by atoms with Crippen molar-refractivity contribution >= 4 is 11.8 Å². The number of rotatable bonds is 4. The highest BCUT2D eigenvalue weighted by atomic mass is 16.5. The highest BCUT2D eigenvalue weighted by Crippen LogP contribution is 2.23. The molecule has 1 N–H and O–H groups in total. The fourth-order valence-electron chi connectivity index (χ4n) is 3.06. The molecule has 1 fully saturated rings. The zero-order chi connectivity index (χ0) is 15.8. The molecular formula is C16H16N4O3. The Balaban J connectivity index is 1.44. The number of hydrogen-bond acceptors (Lipinski definition) is 6. The molecule has 0 radical (unpaired) electrons. The van der Waals surface area contributed by atoms with Crippen LogP contribution in [0, 0.1) is 0 Å². The van der Waals surface area contributed by atoms with E-state index in [1.54, 1.807) is 24.3 Å². The van der Waals surface area contributed by atoms with Gasteiger partial charge < -0.3 is 9.84 Å². The van der Waals surface area contributed by atoms with E-state index in [2.05, 4.69) is 15.5 Å². The molecule has 0 aliphatic carbocycles. The quantitative estimate of drug-likeness (QED) is 0.857. The molecule has 2 aliphatic rings. The average Bonchev–Trinajstić information content (AvgIpc) is 3.29. The molecule has 1 saturated heterocycles. The van der Waals surface area contributed by atoms with E-state index in [1.807, 2.05) is 0 Å². The lowest BCUT2D eigenvalue weighted by Gasteiger charge is -2.11. The molecule has 4 rings (SSSR count). The summed E-state index contributed by atoms with van der Waals surface area (Å²) in [5.74, 6) is 0.587. The Morgan fingerprint density at radius 3 is 2.61 bits per heavy atom. The van der Waals surface area contributed by atoms with Crippen molar-refractivity contribution in [2.24, 2.45) is 0 Å². The minimum atomic E-state index is -0.258. The summed E-state index contributed by atoms with van der Waals surface area (Å²) in [6.07, 6.45) is 2.47. The van der Waals surface area contributed by atoms with Crippen LogP contribution >= 0.6 is 0 Å². The number of carbonyl (C=O) groups excluding carboxylic acids is 2. The van der Waals surface area contributed by atoms with E-state index >= 15 is 0 Å². The SMILES string of the molecule is O=C1c2ccccc2C(=O)N1CCc1noc([C@H]2CCCN2)n1. The normalized spacial score (nSPS) is 20.3. The minimum Gasteiger partial charge on any atom is -0.338 e. The van der Waals surface area contributed by atoms with Gasteiger partial charge in [-0.25, -0.2) is 0 Å². The third-order valence-corrected chi connectivity index (χ3v) is 4.28. The van der Waals surface area contributed by atoms with E-state index in [1.165, 1.54) is 4.90 Å². The molecule has 2 aliphatic heterocycles. The Hall–Kier alpha value is -2.54. The Morgan fingerprint density at radius 2 is 1.96 bits per heavy atom. The zero-order valence-corrected chi connectivity index (χ0v) is 12.5. The van der Waals surface area contributed by atoms with E-state index in [9.17, 15) is 9.59 Å². The second kappa shape index (κ2) is 5.58. The Morgan fingerprint density at radius 1 is 1.22 bits per heavy atom. The third kappa shape index (κ3) is 2.43. The lowest BCUT2D eigenvalue weighted by Crippen LogP contribution is -2.31. The van der Waals surface area contributed by atoms with Gasteiger partial charge in [-0.1, -0.05) is 17.3 Å². The van der Waals surface area contributed by atoms with Crippen LogP contribution in [0.1, 0.15) is 51.3 Å². The third-order valence-electron chi connectivity index (χ3n) is 4.28. The van der Waals surface area contributed by atoms with Gasteiger partial charge in [0.2, 0.25) is 5.89 Å². The summed E-state index contributed by atoms with van der Waals surface area (Å²) in [5.41, 5.74) is 0.919. The van der Waals surface area contributed by atoms with E-state index in [-0.39, 0.29) is 24.4 Å². The number of amides is 2. The summed E-state index contributed by atoms with van der Waals surface area (Å²) in [6.45, 7) is 1.21. The maximum Gasteiger partial charge on any atom is 0.261 e. The molecule has 2 amide bonds. The van der Waals surface area contributed by atoms with Crippen molar-refractivity contribution in [3.63, 3.8) is 0 Å². The summed E-state index contributed by atoms with van der Waals surface area (Å²) >= 11 is 0. The lowest BCUT2D eigenvalue weighted by molar-refractivity contribution is 0.0655. The van der Waals surface area contributed by atoms with Gasteiger partial charge in [-0.05, 0) is 31.5 Å². The van der Waals surface area contributed by atoms with Crippen LogP contribution in [0.2, 0.25) is 0 Å². The van der Waals surface area contributed by atoms with Gasteiger partial charge in [0.15, 0.2) is 5.82 Å². The van der Waals surface area contributed by atoms with Gasteiger partial charge in [-0.2, -0.15) is 4.98 Å². The van der Waals surface area contributed by atoms with Crippen LogP contribution in [0.5, 0.6) is 0 Å². The first-order chi connectivity index (χ1) is 11.2. The molecule has 2 aromatic rings. The second-order valence-corrected chi connectivity index (χ2v) is 5.76. The van der Waals surface area contributed by atoms with Crippen molar-refractivity contribution in [1.29, 1.82) is 0 Å². The summed E-state index contributed by atoms with van der Waals surface area (Å²) in [4.78, 5) is 30.2. The molecule has 0 spiro atoms. The minimum absolute atomic E-state index is 0.121. The van der Waals surface area contributed by atoms with Crippen LogP contribution < -0.4 is 5.32 Å². The topological polar surface area (TPSA) is 88.3 Å². The number of nitrogens with one attached hydrogen (secondary N) is 1. The lowest BCUT2D eigenvalue weighted by atomic mass is 10.1. The second-order valence-electron chi connectivity index (χ2n) is 5.76. The molecule has 7 nitrogen and oxygen atoms in total. The molecule has 1 aromatic heterocycles. The van der Waals surface area contributed by atoms with E-state index in [4.69, 9.17) is 4.52 Å². The molecule has 7 heteroatoms. The average molecular weight is 312 g/mol. The summed E-state index contributed by atoms with van der Waals surface area (Å²) in [5, 5.41) is 7.24. The van der Waals surface area contributed by atoms with Crippen molar-refractivity contribution in [1.82, 2.24) is 20.4 Å². The van der Waals surface area contributed by atoms with Crippen LogP contribution in [0.15, 0.2) is 28.8 Å². The first-order valence-corrected chi connectivity index (χ1v) is 7.75. The fraction of sp³-hybridized carbons (Fsp3) is 0.375. The largest absolute Gasteiger partial charge is 0.338 e. The number of fused-ring (bicyclic) bond motifs is 1. The first-order valence-electron chi connectivity index (χ1n) is 7.75. The number of hydrogen-bond donors (Lipinski definition) is 1. The zero-order valence-electron chi connectivity index (χ0n) is 12.5. The van der Waals surface area contributed by atoms with Crippen molar-refractivity contribution in [3.8, 4) is 0 Å². The van der Waals surface area contributed by atoms with Crippen LogP contribution in [-0.4, -0.2) is 39.9 Å². The van der Waals surface area contributed by atoms with Crippen LogP contribution in [0.4, 0.5) is 0 Å². The van der Waals surface area contributed by atoms with Gasteiger partial charge >= 0.3 is 0 Å². The molecule has 0 bridgehead atoms. The first kappa shape index (κ1) is 14.1. The molecule has 0 unspecified atom stereocenters. The number of aromatic nitrogens is 2. The Bertz CT molecular complexity index is 729. The Labute approximate surface area is 132 Å². The predicted molar refractivity (Wildman–Crippen MR) is 79.8 cm³/mol. The van der Waals surface area contributed by atoms with Crippen LogP contribution in [0.25, 0.3) is 0 Å². The molecule has 0 saturated carbocycles. The smallest absolute Gasteiger partial charge is 0.261 e. The molecule has 23 heavy (non-hydrogen) atoms. The molecule has 3 heterocycles. The van der Waals surface area contributed by atoms with Crippen molar-refractivity contribution in [2.75, 3.05) is 13.1 Å². The van der Waals surface area contributed by atoms with Crippen LogP contribution in [0.3, 0.4) is 0 Å². The van der Waals surface area contributed by atoms with Crippen molar-refractivity contribution in [2.45, 2.75) is 25.3 Å². The number of benzene rings is 1. The van der Waals surface area contributed by atoms with Crippen molar-refractivity contribution < 1.29 is 14.1 Å². The summed E-state index contributed by atoms with van der Waals surface area (Å²) in [7, 11) is 0. The predicted octanol–water partition coefficient (Wildman–Crippen LogP) is 1.33.